The van der Waals surface area contributed by atoms with Crippen LogP contribution in [0.5, 0.6) is 0 Å². The van der Waals surface area contributed by atoms with E-state index in [9.17, 15) is 9.59 Å². The molecule has 1 amide bonds. The third-order valence-corrected chi connectivity index (χ3v) is 2.57. The SMILES string of the molecule is C[C@H]1CC(=O)N1c1ccc(C(=O)O)cc1. The number of hydrogen-bond donors (Lipinski definition) is 1. The number of hydrogen-bond acceptors (Lipinski definition) is 2. The van der Waals surface area contributed by atoms with Gasteiger partial charge in [0.1, 0.15) is 0 Å². The van der Waals surface area contributed by atoms with Gasteiger partial charge in [0.25, 0.3) is 0 Å². The van der Waals surface area contributed by atoms with Gasteiger partial charge in [-0.3, -0.25) is 4.79 Å². The maximum absolute atomic E-state index is 11.3. The molecule has 0 aromatic heterocycles. The summed E-state index contributed by atoms with van der Waals surface area (Å²) in [5, 5.41) is 8.71. The van der Waals surface area contributed by atoms with Crippen molar-refractivity contribution in [3.63, 3.8) is 0 Å². The first-order valence-corrected chi connectivity index (χ1v) is 4.75. The fraction of sp³-hybridized carbons (Fsp3) is 0.273. The van der Waals surface area contributed by atoms with E-state index < -0.39 is 5.97 Å². The van der Waals surface area contributed by atoms with Crippen molar-refractivity contribution in [1.29, 1.82) is 0 Å². The molecule has 78 valence electrons. The van der Waals surface area contributed by atoms with Gasteiger partial charge in [-0.1, -0.05) is 0 Å². The number of anilines is 1. The molecule has 1 fully saturated rings. The molecule has 1 aliphatic rings. The highest BCUT2D eigenvalue weighted by Crippen LogP contribution is 2.27. The highest BCUT2D eigenvalue weighted by atomic mass is 16.4. The average Bonchev–Trinajstić information content (AvgIpc) is 2.18. The van der Waals surface area contributed by atoms with Gasteiger partial charge in [0, 0.05) is 18.2 Å². The Morgan fingerprint density at radius 1 is 1.40 bits per heavy atom. The van der Waals surface area contributed by atoms with Crippen LogP contribution >= 0.6 is 0 Å². The van der Waals surface area contributed by atoms with Crippen molar-refractivity contribution in [3.05, 3.63) is 29.8 Å². The van der Waals surface area contributed by atoms with Crippen LogP contribution < -0.4 is 4.90 Å². The van der Waals surface area contributed by atoms with Crippen molar-refractivity contribution in [1.82, 2.24) is 0 Å². The monoisotopic (exact) mass is 205 g/mol. The maximum Gasteiger partial charge on any atom is 0.335 e. The predicted molar refractivity (Wildman–Crippen MR) is 55.0 cm³/mol. The van der Waals surface area contributed by atoms with Crippen LogP contribution in [-0.2, 0) is 4.79 Å². The molecule has 1 heterocycles. The van der Waals surface area contributed by atoms with Crippen LogP contribution in [0.25, 0.3) is 0 Å². The summed E-state index contributed by atoms with van der Waals surface area (Å²) < 4.78 is 0. The molecule has 1 aromatic rings. The van der Waals surface area contributed by atoms with Crippen LogP contribution in [-0.4, -0.2) is 23.0 Å². The van der Waals surface area contributed by atoms with Gasteiger partial charge in [-0.05, 0) is 31.2 Å². The molecule has 4 heteroatoms. The fourth-order valence-electron chi connectivity index (χ4n) is 1.74. The minimum absolute atomic E-state index is 0.0885. The van der Waals surface area contributed by atoms with E-state index in [-0.39, 0.29) is 17.5 Å². The first-order chi connectivity index (χ1) is 7.09. The predicted octanol–water partition coefficient (Wildman–Crippen LogP) is 1.51. The number of carbonyl (C=O) groups is 2. The average molecular weight is 205 g/mol. The number of amides is 1. The number of aromatic carboxylic acids is 1. The van der Waals surface area contributed by atoms with E-state index in [4.69, 9.17) is 5.11 Å². The lowest BCUT2D eigenvalue weighted by Gasteiger charge is -2.38. The zero-order chi connectivity index (χ0) is 11.0. The fourth-order valence-corrected chi connectivity index (χ4v) is 1.74. The number of carbonyl (C=O) groups excluding carboxylic acids is 1. The second-order valence-electron chi connectivity index (χ2n) is 3.67. The lowest BCUT2D eigenvalue weighted by Crippen LogP contribution is -2.51. The molecule has 1 saturated heterocycles. The molecule has 0 aliphatic carbocycles. The van der Waals surface area contributed by atoms with Gasteiger partial charge in [-0.2, -0.15) is 0 Å². The van der Waals surface area contributed by atoms with Crippen molar-refractivity contribution in [2.75, 3.05) is 4.90 Å². The Bertz CT molecular complexity index is 410. The van der Waals surface area contributed by atoms with Crippen LogP contribution in [0.15, 0.2) is 24.3 Å². The second-order valence-corrected chi connectivity index (χ2v) is 3.67. The van der Waals surface area contributed by atoms with Crippen molar-refractivity contribution in [2.24, 2.45) is 0 Å². The Kier molecular flexibility index (Phi) is 2.19. The molecule has 0 saturated carbocycles. The Hall–Kier alpha value is -1.84. The number of rotatable bonds is 2. The van der Waals surface area contributed by atoms with E-state index in [1.807, 2.05) is 6.92 Å². The molecule has 2 rings (SSSR count). The third-order valence-electron chi connectivity index (χ3n) is 2.57. The molecule has 1 aromatic carbocycles. The zero-order valence-corrected chi connectivity index (χ0v) is 8.30. The van der Waals surface area contributed by atoms with Crippen molar-refractivity contribution in [3.8, 4) is 0 Å². The summed E-state index contributed by atoms with van der Waals surface area (Å²) >= 11 is 0. The summed E-state index contributed by atoms with van der Waals surface area (Å²) in [6, 6.07) is 6.56. The van der Waals surface area contributed by atoms with Gasteiger partial charge in [-0.25, -0.2) is 4.79 Å². The molecule has 4 nitrogen and oxygen atoms in total. The largest absolute Gasteiger partial charge is 0.478 e. The smallest absolute Gasteiger partial charge is 0.335 e. The number of carboxylic acid groups (broad SMARTS) is 1. The van der Waals surface area contributed by atoms with Crippen LogP contribution in [0.4, 0.5) is 5.69 Å². The Morgan fingerprint density at radius 2 is 2.00 bits per heavy atom. The molecule has 1 atom stereocenters. The minimum atomic E-state index is -0.954. The van der Waals surface area contributed by atoms with Gasteiger partial charge < -0.3 is 10.0 Å². The third kappa shape index (κ3) is 1.58. The summed E-state index contributed by atoms with van der Waals surface area (Å²) in [5.74, 6) is -0.866. The molecule has 15 heavy (non-hydrogen) atoms. The van der Waals surface area contributed by atoms with Crippen molar-refractivity contribution in [2.45, 2.75) is 19.4 Å². The summed E-state index contributed by atoms with van der Waals surface area (Å²) in [4.78, 5) is 23.6. The maximum atomic E-state index is 11.3. The summed E-state index contributed by atoms with van der Waals surface area (Å²) in [7, 11) is 0. The van der Waals surface area contributed by atoms with E-state index >= 15 is 0 Å². The van der Waals surface area contributed by atoms with Crippen LogP contribution in [0.1, 0.15) is 23.7 Å². The Morgan fingerprint density at radius 3 is 2.40 bits per heavy atom. The number of β-lactam (4-membered cyclic amide) rings is 1. The van der Waals surface area contributed by atoms with Crippen LogP contribution in [0.2, 0.25) is 0 Å². The molecular weight excluding hydrogens is 194 g/mol. The molecule has 0 spiro atoms. The summed E-state index contributed by atoms with van der Waals surface area (Å²) in [5.41, 5.74) is 1.00. The van der Waals surface area contributed by atoms with E-state index in [0.717, 1.165) is 5.69 Å². The van der Waals surface area contributed by atoms with Gasteiger partial charge >= 0.3 is 5.97 Å². The van der Waals surface area contributed by atoms with Gasteiger partial charge in [0.05, 0.1) is 5.56 Å². The highest BCUT2D eigenvalue weighted by molar-refractivity contribution is 6.01. The summed E-state index contributed by atoms with van der Waals surface area (Å²) in [6.45, 7) is 1.96. The molecule has 0 bridgehead atoms. The summed E-state index contributed by atoms with van der Waals surface area (Å²) in [6.07, 6.45) is 0.570. The van der Waals surface area contributed by atoms with Crippen LogP contribution in [0, 0.1) is 0 Å². The van der Waals surface area contributed by atoms with E-state index in [2.05, 4.69) is 0 Å². The molecule has 1 aliphatic heterocycles. The zero-order valence-electron chi connectivity index (χ0n) is 8.30. The first kappa shape index (κ1) is 9.71. The number of benzene rings is 1. The molecule has 0 radical (unpaired) electrons. The molecule has 1 N–H and O–H groups in total. The normalized spacial score (nSPS) is 19.9. The Balaban J connectivity index is 2.24. The van der Waals surface area contributed by atoms with Crippen molar-refractivity contribution >= 4 is 17.6 Å². The highest BCUT2D eigenvalue weighted by Gasteiger charge is 2.33. The standard InChI is InChI=1S/C11H11NO3/c1-7-6-10(13)12(7)9-4-2-8(3-5-9)11(14)15/h2-5,7H,6H2,1H3,(H,14,15)/t7-/m0/s1. The van der Waals surface area contributed by atoms with E-state index in [0.29, 0.717) is 6.42 Å². The van der Waals surface area contributed by atoms with E-state index in [1.165, 1.54) is 12.1 Å². The van der Waals surface area contributed by atoms with Crippen molar-refractivity contribution < 1.29 is 14.7 Å². The second kappa shape index (κ2) is 3.38. The first-order valence-electron chi connectivity index (χ1n) is 4.75. The number of nitrogens with zero attached hydrogens (tertiary/aromatic N) is 1. The van der Waals surface area contributed by atoms with Gasteiger partial charge in [0.2, 0.25) is 5.91 Å². The lowest BCUT2D eigenvalue weighted by molar-refractivity contribution is -0.123. The van der Waals surface area contributed by atoms with E-state index in [1.54, 1.807) is 17.0 Å². The Labute approximate surface area is 87.1 Å². The molecule has 0 unspecified atom stereocenters. The number of carboxylic acids is 1. The van der Waals surface area contributed by atoms with Gasteiger partial charge in [0.15, 0.2) is 0 Å². The van der Waals surface area contributed by atoms with Crippen LogP contribution in [0.3, 0.4) is 0 Å². The quantitative estimate of drug-likeness (QED) is 0.744. The van der Waals surface area contributed by atoms with Gasteiger partial charge in [-0.15, -0.1) is 0 Å². The minimum Gasteiger partial charge on any atom is -0.478 e. The molecular formula is C11H11NO3. The lowest BCUT2D eigenvalue weighted by atomic mass is 10.0. The topological polar surface area (TPSA) is 57.6 Å².